The van der Waals surface area contributed by atoms with Crippen LogP contribution >= 0.6 is 11.8 Å². The van der Waals surface area contributed by atoms with E-state index in [9.17, 15) is 10.2 Å². The van der Waals surface area contributed by atoms with Crippen LogP contribution in [-0.4, -0.2) is 22.1 Å². The van der Waals surface area contributed by atoms with Crippen molar-refractivity contribution in [2.45, 2.75) is 36.9 Å². The number of hydrogen-bond donors (Lipinski definition) is 2. The van der Waals surface area contributed by atoms with E-state index >= 15 is 0 Å². The zero-order valence-corrected chi connectivity index (χ0v) is 11.2. The standard InChI is InChI=1S/C14H18O2S/c1-4-14(2,16)10-9-13(15)11-5-7-12(17-3)8-6-11/h5-8,13,15-16H,4H2,1-3H3/t13-,14-/m0/s1. The van der Waals surface area contributed by atoms with Crippen molar-refractivity contribution in [3.63, 3.8) is 0 Å². The van der Waals surface area contributed by atoms with E-state index in [1.165, 1.54) is 0 Å². The average Bonchev–Trinajstić information content (AvgIpc) is 2.36. The summed E-state index contributed by atoms with van der Waals surface area (Å²) in [5.74, 6) is 5.36. The predicted octanol–water partition coefficient (Wildman–Crippen LogP) is 2.61. The van der Waals surface area contributed by atoms with Crippen LogP contribution in [0.15, 0.2) is 29.2 Å². The molecule has 3 heteroatoms. The van der Waals surface area contributed by atoms with E-state index in [1.54, 1.807) is 18.7 Å². The van der Waals surface area contributed by atoms with Gasteiger partial charge in [-0.3, -0.25) is 0 Å². The van der Waals surface area contributed by atoms with Gasteiger partial charge in [0.05, 0.1) is 0 Å². The molecule has 0 saturated carbocycles. The minimum Gasteiger partial charge on any atom is -0.378 e. The van der Waals surface area contributed by atoms with Gasteiger partial charge in [-0.2, -0.15) is 0 Å². The summed E-state index contributed by atoms with van der Waals surface area (Å²) in [6, 6.07) is 7.60. The van der Waals surface area contributed by atoms with Crippen molar-refractivity contribution in [2.24, 2.45) is 0 Å². The first-order valence-electron chi connectivity index (χ1n) is 5.55. The largest absolute Gasteiger partial charge is 0.378 e. The highest BCUT2D eigenvalue weighted by molar-refractivity contribution is 7.98. The summed E-state index contributed by atoms with van der Waals surface area (Å²) < 4.78 is 0. The van der Waals surface area contributed by atoms with Gasteiger partial charge >= 0.3 is 0 Å². The SMILES string of the molecule is CC[C@](C)(O)C#C[C@H](O)c1ccc(SC)cc1. The number of thioether (sulfide) groups is 1. The molecule has 0 fully saturated rings. The smallest absolute Gasteiger partial charge is 0.140 e. The van der Waals surface area contributed by atoms with Crippen LogP contribution in [0.5, 0.6) is 0 Å². The molecule has 1 rings (SSSR count). The number of benzene rings is 1. The summed E-state index contributed by atoms with van der Waals surface area (Å²) >= 11 is 1.65. The Bertz CT molecular complexity index is 412. The molecular formula is C14H18O2S. The Morgan fingerprint density at radius 2 is 1.94 bits per heavy atom. The fourth-order valence-electron chi connectivity index (χ4n) is 1.18. The number of aliphatic hydroxyl groups is 2. The predicted molar refractivity (Wildman–Crippen MR) is 71.9 cm³/mol. The third kappa shape index (κ3) is 4.43. The van der Waals surface area contributed by atoms with Crippen molar-refractivity contribution in [3.05, 3.63) is 29.8 Å². The van der Waals surface area contributed by atoms with Crippen molar-refractivity contribution in [3.8, 4) is 11.8 Å². The van der Waals surface area contributed by atoms with Gasteiger partial charge in [-0.1, -0.05) is 30.9 Å². The normalized spacial score (nSPS) is 15.6. The Kier molecular flexibility index (Phi) is 5.07. The Balaban J connectivity index is 2.79. The maximum absolute atomic E-state index is 9.85. The second-order valence-corrected chi connectivity index (χ2v) is 4.95. The average molecular weight is 250 g/mol. The maximum Gasteiger partial charge on any atom is 0.140 e. The van der Waals surface area contributed by atoms with Gasteiger partial charge in [-0.15, -0.1) is 11.8 Å². The lowest BCUT2D eigenvalue weighted by molar-refractivity contribution is 0.117. The lowest BCUT2D eigenvalue weighted by atomic mass is 10.0. The molecule has 17 heavy (non-hydrogen) atoms. The van der Waals surface area contributed by atoms with E-state index in [0.29, 0.717) is 6.42 Å². The maximum atomic E-state index is 9.85. The molecule has 2 N–H and O–H groups in total. The summed E-state index contributed by atoms with van der Waals surface area (Å²) in [7, 11) is 0. The van der Waals surface area contributed by atoms with Gasteiger partial charge in [0.2, 0.25) is 0 Å². The molecule has 0 unspecified atom stereocenters. The van der Waals surface area contributed by atoms with Gasteiger partial charge in [0.15, 0.2) is 0 Å². The molecule has 2 nitrogen and oxygen atoms in total. The van der Waals surface area contributed by atoms with E-state index in [4.69, 9.17) is 0 Å². The molecule has 1 aromatic rings. The minimum absolute atomic E-state index is 0.540. The molecule has 92 valence electrons. The first-order chi connectivity index (χ1) is 7.98. The quantitative estimate of drug-likeness (QED) is 0.640. The Hall–Kier alpha value is -0.950. The van der Waals surface area contributed by atoms with Gasteiger partial charge in [-0.05, 0) is 37.3 Å². The Morgan fingerprint density at radius 3 is 2.41 bits per heavy atom. The molecule has 2 atom stereocenters. The molecular weight excluding hydrogens is 232 g/mol. The zero-order valence-electron chi connectivity index (χ0n) is 10.4. The Labute approximate surface area is 107 Å². The third-order valence-corrected chi connectivity index (χ3v) is 3.34. The highest BCUT2D eigenvalue weighted by Crippen LogP contribution is 2.19. The molecule has 0 bridgehead atoms. The van der Waals surface area contributed by atoms with Crippen molar-refractivity contribution in [2.75, 3.05) is 6.26 Å². The van der Waals surface area contributed by atoms with Crippen molar-refractivity contribution < 1.29 is 10.2 Å². The molecule has 0 amide bonds. The molecule has 0 radical (unpaired) electrons. The van der Waals surface area contributed by atoms with Crippen molar-refractivity contribution in [1.82, 2.24) is 0 Å². The highest BCUT2D eigenvalue weighted by atomic mass is 32.2. The molecule has 1 aromatic carbocycles. The van der Waals surface area contributed by atoms with Crippen LogP contribution in [-0.2, 0) is 0 Å². The van der Waals surface area contributed by atoms with Gasteiger partial charge < -0.3 is 10.2 Å². The van der Waals surface area contributed by atoms with Crippen LogP contribution in [0, 0.1) is 11.8 Å². The van der Waals surface area contributed by atoms with Gasteiger partial charge in [-0.25, -0.2) is 0 Å². The molecule has 0 aliphatic rings. The number of hydrogen-bond acceptors (Lipinski definition) is 3. The zero-order chi connectivity index (χ0) is 12.9. The molecule has 0 aliphatic carbocycles. The lowest BCUT2D eigenvalue weighted by Gasteiger charge is -2.13. The highest BCUT2D eigenvalue weighted by Gasteiger charge is 2.13. The number of aliphatic hydroxyl groups excluding tert-OH is 1. The second-order valence-electron chi connectivity index (χ2n) is 4.07. The first-order valence-corrected chi connectivity index (χ1v) is 6.78. The van der Waals surface area contributed by atoms with Gasteiger partial charge in [0.1, 0.15) is 11.7 Å². The van der Waals surface area contributed by atoms with E-state index in [0.717, 1.165) is 10.5 Å². The van der Waals surface area contributed by atoms with E-state index < -0.39 is 11.7 Å². The van der Waals surface area contributed by atoms with Crippen LogP contribution < -0.4 is 0 Å². The first kappa shape index (κ1) is 14.1. The van der Waals surface area contributed by atoms with Gasteiger partial charge in [0.25, 0.3) is 0 Å². The fraction of sp³-hybridized carbons (Fsp3) is 0.429. The van der Waals surface area contributed by atoms with Crippen LogP contribution in [0.3, 0.4) is 0 Å². The summed E-state index contributed by atoms with van der Waals surface area (Å²) in [5.41, 5.74) is -0.276. The molecule has 0 saturated heterocycles. The summed E-state index contributed by atoms with van der Waals surface area (Å²) in [5, 5.41) is 19.6. The topological polar surface area (TPSA) is 40.5 Å². The second kappa shape index (κ2) is 6.11. The van der Waals surface area contributed by atoms with Crippen LogP contribution in [0.4, 0.5) is 0 Å². The molecule has 0 spiro atoms. The number of rotatable bonds is 3. The van der Waals surface area contributed by atoms with Crippen molar-refractivity contribution in [1.29, 1.82) is 0 Å². The molecule has 0 aliphatic heterocycles. The van der Waals surface area contributed by atoms with E-state index in [1.807, 2.05) is 37.4 Å². The third-order valence-electron chi connectivity index (χ3n) is 2.60. The van der Waals surface area contributed by atoms with Crippen LogP contribution in [0.2, 0.25) is 0 Å². The van der Waals surface area contributed by atoms with Gasteiger partial charge in [0, 0.05) is 4.90 Å². The molecule has 0 heterocycles. The molecule has 0 aromatic heterocycles. The Morgan fingerprint density at radius 1 is 1.35 bits per heavy atom. The van der Waals surface area contributed by atoms with Crippen LogP contribution in [0.25, 0.3) is 0 Å². The van der Waals surface area contributed by atoms with Crippen LogP contribution in [0.1, 0.15) is 31.9 Å². The summed E-state index contributed by atoms with van der Waals surface area (Å²) in [6.45, 7) is 3.50. The lowest BCUT2D eigenvalue weighted by Crippen LogP contribution is -2.19. The summed E-state index contributed by atoms with van der Waals surface area (Å²) in [6.07, 6.45) is 1.70. The fourth-order valence-corrected chi connectivity index (χ4v) is 1.59. The van der Waals surface area contributed by atoms with Crippen molar-refractivity contribution >= 4 is 11.8 Å². The monoisotopic (exact) mass is 250 g/mol. The van der Waals surface area contributed by atoms with E-state index in [2.05, 4.69) is 11.8 Å². The summed E-state index contributed by atoms with van der Waals surface area (Å²) in [4.78, 5) is 1.15. The minimum atomic E-state index is -1.03. The van der Waals surface area contributed by atoms with E-state index in [-0.39, 0.29) is 0 Å².